The van der Waals surface area contributed by atoms with E-state index in [0.717, 1.165) is 6.04 Å². The molecule has 0 amide bonds. The van der Waals surface area contributed by atoms with E-state index in [4.69, 9.17) is 0 Å². The average molecular weight is 211 g/mol. The number of rotatable bonds is 3. The predicted molar refractivity (Wildman–Crippen MR) is 70.3 cm³/mol. The molecule has 1 rings (SSSR count). The molecule has 1 atom stereocenters. The van der Waals surface area contributed by atoms with Gasteiger partial charge in [0.2, 0.25) is 0 Å². The van der Waals surface area contributed by atoms with Gasteiger partial charge in [-0.3, -0.25) is 4.90 Å². The largest absolute Gasteiger partial charge is 0.298 e. The molecule has 1 aliphatic rings. The number of hydrogen-bond donors (Lipinski definition) is 0. The van der Waals surface area contributed by atoms with Crippen LogP contribution in [0.2, 0.25) is 0 Å². The topological polar surface area (TPSA) is 3.24 Å². The molecule has 0 aromatic carbocycles. The zero-order valence-corrected chi connectivity index (χ0v) is 11.3. The van der Waals surface area contributed by atoms with Crippen molar-refractivity contribution in [3.63, 3.8) is 0 Å². The lowest BCUT2D eigenvalue weighted by Gasteiger charge is -2.37. The third-order valence-electron chi connectivity index (χ3n) is 3.09. The molecular formula is C14H29N. The molecule has 0 aromatic rings. The van der Waals surface area contributed by atoms with Crippen molar-refractivity contribution in [2.24, 2.45) is 0 Å². The first kappa shape index (κ1) is 14.7. The van der Waals surface area contributed by atoms with Crippen LogP contribution in [0.4, 0.5) is 0 Å². The molecule has 90 valence electrons. The lowest BCUT2D eigenvalue weighted by molar-refractivity contribution is 0.142. The van der Waals surface area contributed by atoms with Gasteiger partial charge in [-0.25, -0.2) is 0 Å². The van der Waals surface area contributed by atoms with E-state index in [1.165, 1.54) is 37.8 Å². The molecule has 1 aliphatic carbocycles. The Bertz CT molecular complexity index is 172. The van der Waals surface area contributed by atoms with Gasteiger partial charge in [0.1, 0.15) is 0 Å². The lowest BCUT2D eigenvalue weighted by Crippen LogP contribution is -2.41. The zero-order chi connectivity index (χ0) is 11.8. The molecule has 0 heterocycles. The normalized spacial score (nSPS) is 21.5. The third kappa shape index (κ3) is 4.83. The van der Waals surface area contributed by atoms with Crippen LogP contribution in [0.1, 0.15) is 60.3 Å². The molecule has 0 radical (unpaired) electrons. The van der Waals surface area contributed by atoms with E-state index in [9.17, 15) is 0 Å². The molecule has 1 heteroatoms. The van der Waals surface area contributed by atoms with Crippen LogP contribution in [0.3, 0.4) is 0 Å². The number of hydrogen-bond acceptors (Lipinski definition) is 1. The molecular weight excluding hydrogens is 182 g/mol. The summed E-state index contributed by atoms with van der Waals surface area (Å²) >= 11 is 0. The van der Waals surface area contributed by atoms with Crippen molar-refractivity contribution < 1.29 is 0 Å². The third-order valence-corrected chi connectivity index (χ3v) is 3.09. The van der Waals surface area contributed by atoms with Crippen LogP contribution in [0, 0.1) is 0 Å². The lowest BCUT2D eigenvalue weighted by atomic mass is 9.90. The van der Waals surface area contributed by atoms with Gasteiger partial charge in [-0.05, 0) is 46.1 Å². The van der Waals surface area contributed by atoms with Gasteiger partial charge in [-0.15, -0.1) is 0 Å². The van der Waals surface area contributed by atoms with E-state index < -0.39 is 0 Å². The minimum Gasteiger partial charge on any atom is -0.298 e. The first-order chi connectivity index (χ1) is 7.15. The predicted octanol–water partition coefficient (Wildman–Crippen LogP) is 4.24. The van der Waals surface area contributed by atoms with E-state index in [0.29, 0.717) is 6.04 Å². The smallest absolute Gasteiger partial charge is 0.0135 e. The summed E-state index contributed by atoms with van der Waals surface area (Å²) in [5, 5.41) is 0. The van der Waals surface area contributed by atoms with Gasteiger partial charge < -0.3 is 0 Å². The van der Waals surface area contributed by atoms with Crippen molar-refractivity contribution in [3.05, 3.63) is 12.2 Å². The fourth-order valence-electron chi connectivity index (χ4n) is 2.45. The summed E-state index contributed by atoms with van der Waals surface area (Å²) in [5.74, 6) is 0. The van der Waals surface area contributed by atoms with Gasteiger partial charge >= 0.3 is 0 Å². The number of nitrogens with zero attached hydrogens (tertiary/aromatic N) is 1. The SMILES string of the molecule is C=C1CCCC(N(CC)C(C)C)C1.CC. The van der Waals surface area contributed by atoms with Gasteiger partial charge in [-0.1, -0.05) is 32.9 Å². The van der Waals surface area contributed by atoms with Crippen LogP contribution < -0.4 is 0 Å². The Morgan fingerprint density at radius 2 is 2.00 bits per heavy atom. The highest BCUT2D eigenvalue weighted by Crippen LogP contribution is 2.26. The Morgan fingerprint density at radius 1 is 1.40 bits per heavy atom. The van der Waals surface area contributed by atoms with E-state index in [1.807, 2.05) is 13.8 Å². The summed E-state index contributed by atoms with van der Waals surface area (Å²) < 4.78 is 0. The summed E-state index contributed by atoms with van der Waals surface area (Å²) in [7, 11) is 0. The Morgan fingerprint density at radius 3 is 2.40 bits per heavy atom. The molecule has 1 unspecified atom stereocenters. The van der Waals surface area contributed by atoms with Crippen LogP contribution in [-0.4, -0.2) is 23.5 Å². The van der Waals surface area contributed by atoms with Crippen LogP contribution in [0.5, 0.6) is 0 Å². The van der Waals surface area contributed by atoms with Gasteiger partial charge in [0, 0.05) is 12.1 Å². The zero-order valence-electron chi connectivity index (χ0n) is 11.3. The minimum absolute atomic E-state index is 0.681. The summed E-state index contributed by atoms with van der Waals surface area (Å²) in [6.07, 6.45) is 5.19. The van der Waals surface area contributed by atoms with Crippen molar-refractivity contribution in [2.45, 2.75) is 72.4 Å². The summed E-state index contributed by atoms with van der Waals surface area (Å²) in [4.78, 5) is 2.60. The van der Waals surface area contributed by atoms with Crippen LogP contribution in [0.25, 0.3) is 0 Å². The van der Waals surface area contributed by atoms with Crippen LogP contribution in [-0.2, 0) is 0 Å². The molecule has 1 saturated carbocycles. The van der Waals surface area contributed by atoms with Crippen LogP contribution >= 0.6 is 0 Å². The second-order valence-corrected chi connectivity index (χ2v) is 4.42. The van der Waals surface area contributed by atoms with E-state index in [1.54, 1.807) is 0 Å². The highest BCUT2D eigenvalue weighted by molar-refractivity contribution is 5.02. The highest BCUT2D eigenvalue weighted by Gasteiger charge is 2.22. The summed E-state index contributed by atoms with van der Waals surface area (Å²) in [6.45, 7) is 16.1. The van der Waals surface area contributed by atoms with Crippen molar-refractivity contribution >= 4 is 0 Å². The van der Waals surface area contributed by atoms with Gasteiger partial charge in [0.25, 0.3) is 0 Å². The molecule has 0 spiro atoms. The summed E-state index contributed by atoms with van der Waals surface area (Å²) in [5.41, 5.74) is 1.45. The maximum absolute atomic E-state index is 4.11. The van der Waals surface area contributed by atoms with Crippen molar-refractivity contribution in [3.8, 4) is 0 Å². The van der Waals surface area contributed by atoms with Crippen molar-refractivity contribution in [1.29, 1.82) is 0 Å². The van der Waals surface area contributed by atoms with Gasteiger partial charge in [0.05, 0.1) is 0 Å². The van der Waals surface area contributed by atoms with E-state index in [-0.39, 0.29) is 0 Å². The Balaban J connectivity index is 0.000000921. The molecule has 1 fully saturated rings. The Labute approximate surface area is 96.6 Å². The molecule has 0 bridgehead atoms. The van der Waals surface area contributed by atoms with Crippen molar-refractivity contribution in [2.75, 3.05) is 6.54 Å². The monoisotopic (exact) mass is 211 g/mol. The van der Waals surface area contributed by atoms with E-state index >= 15 is 0 Å². The van der Waals surface area contributed by atoms with E-state index in [2.05, 4.69) is 32.3 Å². The maximum atomic E-state index is 4.11. The first-order valence-electron chi connectivity index (χ1n) is 6.57. The fourth-order valence-corrected chi connectivity index (χ4v) is 2.45. The Kier molecular flexibility index (Phi) is 7.76. The van der Waals surface area contributed by atoms with Gasteiger partial charge in [0.15, 0.2) is 0 Å². The molecule has 0 saturated heterocycles. The van der Waals surface area contributed by atoms with Gasteiger partial charge in [-0.2, -0.15) is 0 Å². The standard InChI is InChI=1S/C12H23N.C2H6/c1-5-13(10(2)3)12-8-6-7-11(4)9-12;1-2/h10,12H,4-9H2,1-3H3;1-2H3. The van der Waals surface area contributed by atoms with Crippen LogP contribution in [0.15, 0.2) is 12.2 Å². The summed E-state index contributed by atoms with van der Waals surface area (Å²) in [6, 6.07) is 1.45. The molecule has 15 heavy (non-hydrogen) atoms. The second-order valence-electron chi connectivity index (χ2n) is 4.42. The minimum atomic E-state index is 0.681. The first-order valence-corrected chi connectivity index (χ1v) is 6.57. The maximum Gasteiger partial charge on any atom is 0.0135 e. The molecule has 0 N–H and O–H groups in total. The molecule has 0 aliphatic heterocycles. The second kappa shape index (κ2) is 7.92. The quantitative estimate of drug-likeness (QED) is 0.631. The highest BCUT2D eigenvalue weighted by atomic mass is 15.2. The molecule has 1 nitrogen and oxygen atoms in total. The Hall–Kier alpha value is -0.300. The average Bonchev–Trinajstić information content (AvgIpc) is 2.21. The molecule has 0 aromatic heterocycles. The fraction of sp³-hybridized carbons (Fsp3) is 0.857. The van der Waals surface area contributed by atoms with Crippen molar-refractivity contribution in [1.82, 2.24) is 4.90 Å².